The minimum Gasteiger partial charge on any atom is -0.435 e. The van der Waals surface area contributed by atoms with Crippen molar-refractivity contribution in [3.63, 3.8) is 0 Å². The second kappa shape index (κ2) is 8.33. The molecule has 0 spiro atoms. The lowest BCUT2D eigenvalue weighted by atomic mass is 10.3. The van der Waals surface area contributed by atoms with E-state index >= 15 is 0 Å². The fourth-order valence-electron chi connectivity index (χ4n) is 1.78. The zero-order valence-corrected chi connectivity index (χ0v) is 12.5. The summed E-state index contributed by atoms with van der Waals surface area (Å²) in [6.07, 6.45) is 0.809. The molecule has 1 amide bonds. The monoisotopic (exact) mass is 326 g/mol. The van der Waals surface area contributed by atoms with Crippen LogP contribution in [-0.4, -0.2) is 25.6 Å². The maximum atomic E-state index is 12.0. The van der Waals surface area contributed by atoms with Crippen LogP contribution in [0.2, 0.25) is 0 Å². The van der Waals surface area contributed by atoms with Crippen molar-refractivity contribution in [2.45, 2.75) is 13.0 Å². The summed E-state index contributed by atoms with van der Waals surface area (Å²) in [6.45, 7) is -2.13. The molecule has 0 saturated heterocycles. The van der Waals surface area contributed by atoms with E-state index in [4.69, 9.17) is 0 Å². The third-order valence-corrected chi connectivity index (χ3v) is 3.74. The van der Waals surface area contributed by atoms with E-state index in [1.165, 1.54) is 17.0 Å². The van der Waals surface area contributed by atoms with E-state index in [9.17, 15) is 13.6 Å². The first-order valence-corrected chi connectivity index (χ1v) is 7.59. The molecule has 0 radical (unpaired) electrons. The molecule has 0 aliphatic carbocycles. The van der Waals surface area contributed by atoms with E-state index in [2.05, 4.69) is 15.4 Å². The van der Waals surface area contributed by atoms with Gasteiger partial charge in [-0.1, -0.05) is 6.07 Å². The maximum Gasteiger partial charge on any atom is 0.387 e. The molecule has 0 unspecified atom stereocenters. The summed E-state index contributed by atoms with van der Waals surface area (Å²) in [5.41, 5.74) is 0.662. The lowest BCUT2D eigenvalue weighted by molar-refractivity contribution is -0.119. The van der Waals surface area contributed by atoms with Crippen LogP contribution in [0.4, 0.5) is 14.5 Å². The highest BCUT2D eigenvalue weighted by atomic mass is 32.1. The number of carbonyl (C=O) groups is 1. The minimum absolute atomic E-state index is 0.0842. The zero-order chi connectivity index (χ0) is 15.8. The summed E-state index contributed by atoms with van der Waals surface area (Å²) in [5.74, 6) is -0.0367. The number of thiophene rings is 1. The number of hydrogen-bond donors (Lipinski definition) is 2. The number of amides is 1. The molecule has 2 aromatic rings. The van der Waals surface area contributed by atoms with Gasteiger partial charge >= 0.3 is 6.61 Å². The van der Waals surface area contributed by atoms with Crippen LogP contribution in [0.1, 0.15) is 4.88 Å². The first kappa shape index (κ1) is 16.2. The largest absolute Gasteiger partial charge is 0.435 e. The van der Waals surface area contributed by atoms with Crippen LogP contribution in [0.5, 0.6) is 5.75 Å². The van der Waals surface area contributed by atoms with E-state index in [1.807, 2.05) is 17.5 Å². The highest BCUT2D eigenvalue weighted by Gasteiger charge is 2.04. The number of anilines is 1. The lowest BCUT2D eigenvalue weighted by Gasteiger charge is -2.09. The van der Waals surface area contributed by atoms with Gasteiger partial charge in [-0.25, -0.2) is 0 Å². The number of alkyl halides is 2. The van der Waals surface area contributed by atoms with Gasteiger partial charge in [0.1, 0.15) is 5.75 Å². The molecule has 0 fully saturated rings. The number of carbonyl (C=O) groups excluding carboxylic acids is 1. The molecular formula is C15H16F2N2O2S. The van der Waals surface area contributed by atoms with Gasteiger partial charge in [-0.3, -0.25) is 4.79 Å². The van der Waals surface area contributed by atoms with Crippen LogP contribution in [0.3, 0.4) is 0 Å². The summed E-state index contributed by atoms with van der Waals surface area (Å²) >= 11 is 1.66. The summed E-state index contributed by atoms with van der Waals surface area (Å²) in [6, 6.07) is 10.0. The highest BCUT2D eigenvalue weighted by molar-refractivity contribution is 7.09. The molecule has 0 aliphatic heterocycles. The van der Waals surface area contributed by atoms with Gasteiger partial charge in [0, 0.05) is 17.1 Å². The molecule has 1 aromatic heterocycles. The molecule has 2 rings (SSSR count). The molecule has 0 saturated carbocycles. The van der Waals surface area contributed by atoms with E-state index in [-0.39, 0.29) is 18.2 Å². The molecule has 1 heterocycles. The Hall–Kier alpha value is -2.15. The van der Waals surface area contributed by atoms with E-state index in [0.717, 1.165) is 6.42 Å². The third-order valence-electron chi connectivity index (χ3n) is 2.81. The number of hydrogen-bond acceptors (Lipinski definition) is 4. The van der Waals surface area contributed by atoms with Gasteiger partial charge in [0.2, 0.25) is 5.91 Å². The summed E-state index contributed by atoms with van der Waals surface area (Å²) in [5, 5.41) is 7.73. The Morgan fingerprint density at radius 2 is 2.00 bits per heavy atom. The molecule has 0 atom stereocenters. The molecule has 4 nitrogen and oxygen atoms in total. The van der Waals surface area contributed by atoms with Gasteiger partial charge in [-0.05, 0) is 42.1 Å². The fraction of sp³-hybridized carbons (Fsp3) is 0.267. The lowest BCUT2D eigenvalue weighted by Crippen LogP contribution is -2.31. The Balaban J connectivity index is 1.67. The molecule has 0 bridgehead atoms. The number of nitrogens with one attached hydrogen (secondary N) is 2. The van der Waals surface area contributed by atoms with Crippen LogP contribution < -0.4 is 15.4 Å². The van der Waals surface area contributed by atoms with Crippen LogP contribution >= 0.6 is 11.3 Å². The van der Waals surface area contributed by atoms with Crippen molar-refractivity contribution in [2.75, 3.05) is 18.4 Å². The van der Waals surface area contributed by atoms with Crippen molar-refractivity contribution in [3.05, 3.63) is 46.7 Å². The first-order chi connectivity index (χ1) is 10.6. The molecule has 0 aliphatic rings. The van der Waals surface area contributed by atoms with Crippen molar-refractivity contribution < 1.29 is 18.3 Å². The smallest absolute Gasteiger partial charge is 0.387 e. The number of halogens is 2. The average molecular weight is 326 g/mol. The van der Waals surface area contributed by atoms with Crippen LogP contribution in [0.15, 0.2) is 41.8 Å². The molecule has 22 heavy (non-hydrogen) atoms. The summed E-state index contributed by atoms with van der Waals surface area (Å²) in [4.78, 5) is 12.9. The molecule has 1 aromatic carbocycles. The SMILES string of the molecule is O=C(CNc1ccc(OC(F)F)cc1)NCCc1cccs1. The number of rotatable bonds is 8. The fourth-order valence-corrected chi connectivity index (χ4v) is 2.49. The van der Waals surface area contributed by atoms with Gasteiger partial charge < -0.3 is 15.4 Å². The van der Waals surface area contributed by atoms with Crippen molar-refractivity contribution >= 4 is 22.9 Å². The Morgan fingerprint density at radius 1 is 1.23 bits per heavy atom. The van der Waals surface area contributed by atoms with E-state index in [0.29, 0.717) is 12.2 Å². The minimum atomic E-state index is -2.84. The predicted molar refractivity (Wildman–Crippen MR) is 82.6 cm³/mol. The molecule has 2 N–H and O–H groups in total. The highest BCUT2D eigenvalue weighted by Crippen LogP contribution is 2.17. The Labute approximate surface area is 131 Å². The van der Waals surface area contributed by atoms with E-state index in [1.54, 1.807) is 23.5 Å². The average Bonchev–Trinajstić information content (AvgIpc) is 2.99. The van der Waals surface area contributed by atoms with Gasteiger partial charge in [0.25, 0.3) is 0 Å². The Kier molecular flexibility index (Phi) is 6.14. The maximum absolute atomic E-state index is 12.0. The second-order valence-corrected chi connectivity index (χ2v) is 5.47. The normalized spacial score (nSPS) is 10.5. The first-order valence-electron chi connectivity index (χ1n) is 6.71. The third kappa shape index (κ3) is 5.69. The molecular weight excluding hydrogens is 310 g/mol. The zero-order valence-electron chi connectivity index (χ0n) is 11.7. The molecule has 7 heteroatoms. The van der Waals surface area contributed by atoms with Gasteiger partial charge in [-0.15, -0.1) is 11.3 Å². The summed E-state index contributed by atoms with van der Waals surface area (Å²) in [7, 11) is 0. The van der Waals surface area contributed by atoms with E-state index < -0.39 is 6.61 Å². The number of ether oxygens (including phenoxy) is 1. The summed E-state index contributed by atoms with van der Waals surface area (Å²) < 4.78 is 28.3. The Bertz CT molecular complexity index is 574. The van der Waals surface area contributed by atoms with Crippen molar-refractivity contribution in [1.29, 1.82) is 0 Å². The predicted octanol–water partition coefficient (Wildman–Crippen LogP) is 3.12. The quantitative estimate of drug-likeness (QED) is 0.784. The van der Waals surface area contributed by atoms with Crippen LogP contribution in [0, 0.1) is 0 Å². The van der Waals surface area contributed by atoms with Crippen LogP contribution in [0.25, 0.3) is 0 Å². The molecule has 118 valence electrons. The van der Waals surface area contributed by atoms with Crippen molar-refractivity contribution in [3.8, 4) is 5.75 Å². The standard InChI is InChI=1S/C15H16F2N2O2S/c16-15(17)21-12-5-3-11(4-6-12)19-10-14(20)18-8-7-13-2-1-9-22-13/h1-6,9,15,19H,7-8,10H2,(H,18,20). The van der Waals surface area contributed by atoms with Gasteiger partial charge in [-0.2, -0.15) is 8.78 Å². The Morgan fingerprint density at radius 3 is 2.64 bits per heavy atom. The second-order valence-electron chi connectivity index (χ2n) is 4.44. The van der Waals surface area contributed by atoms with Gasteiger partial charge in [0.05, 0.1) is 6.54 Å². The topological polar surface area (TPSA) is 50.4 Å². The van der Waals surface area contributed by atoms with Crippen LogP contribution in [-0.2, 0) is 11.2 Å². The van der Waals surface area contributed by atoms with Crippen molar-refractivity contribution in [1.82, 2.24) is 5.32 Å². The van der Waals surface area contributed by atoms with Gasteiger partial charge in [0.15, 0.2) is 0 Å². The number of benzene rings is 1. The van der Waals surface area contributed by atoms with Crippen molar-refractivity contribution in [2.24, 2.45) is 0 Å².